The van der Waals surface area contributed by atoms with Crippen LogP contribution in [-0.2, 0) is 9.53 Å². The van der Waals surface area contributed by atoms with Crippen LogP contribution in [0.4, 0.5) is 5.69 Å². The van der Waals surface area contributed by atoms with Gasteiger partial charge in [-0.1, -0.05) is 0 Å². The molecule has 120 valence electrons. The predicted octanol–water partition coefficient (Wildman–Crippen LogP) is 2.14. The molecule has 0 spiro atoms. The third kappa shape index (κ3) is 4.18. The second kappa shape index (κ2) is 7.96. The lowest BCUT2D eigenvalue weighted by Crippen LogP contribution is -2.06. The molecule has 0 radical (unpaired) electrons. The van der Waals surface area contributed by atoms with E-state index in [9.17, 15) is 19.7 Å². The summed E-state index contributed by atoms with van der Waals surface area (Å²) in [7, 11) is 3.87. The molecule has 0 amide bonds. The number of hydrogen-bond donors (Lipinski definition) is 0. The number of ether oxygens (including phenoxy) is 3. The van der Waals surface area contributed by atoms with Gasteiger partial charge in [0.25, 0.3) is 0 Å². The fourth-order valence-electron chi connectivity index (χ4n) is 1.88. The first kappa shape index (κ1) is 17.4. The molecule has 22 heavy (non-hydrogen) atoms. The Morgan fingerprint density at radius 3 is 2.32 bits per heavy atom. The van der Waals surface area contributed by atoms with Gasteiger partial charge >= 0.3 is 11.7 Å². The molecule has 0 N–H and O–H groups in total. The van der Waals surface area contributed by atoms with Crippen LogP contribution in [0, 0.1) is 10.1 Å². The molecule has 0 aromatic heterocycles. The minimum Gasteiger partial charge on any atom is -0.493 e. The second-order valence-electron chi connectivity index (χ2n) is 4.34. The molecule has 0 fully saturated rings. The number of nitro benzene ring substituents is 1. The summed E-state index contributed by atoms with van der Waals surface area (Å²) >= 11 is 0. The van der Waals surface area contributed by atoms with Gasteiger partial charge in [0, 0.05) is 24.5 Å². The van der Waals surface area contributed by atoms with Gasteiger partial charge in [0.15, 0.2) is 11.5 Å². The van der Waals surface area contributed by atoms with E-state index in [1.165, 1.54) is 27.4 Å². The maximum absolute atomic E-state index is 12.1. The van der Waals surface area contributed by atoms with Gasteiger partial charge < -0.3 is 14.2 Å². The van der Waals surface area contributed by atoms with Crippen LogP contribution in [0.5, 0.6) is 11.5 Å². The number of Topliss-reactive ketones (excluding diaryl/α,β-unsaturated/α-hetero) is 1. The number of hydrogen-bond acceptors (Lipinski definition) is 7. The van der Waals surface area contributed by atoms with Crippen molar-refractivity contribution in [3.05, 3.63) is 27.8 Å². The molecule has 0 aliphatic carbocycles. The first-order valence-electron chi connectivity index (χ1n) is 6.45. The molecule has 0 saturated heterocycles. The Hall–Kier alpha value is -2.64. The molecule has 0 atom stereocenters. The van der Waals surface area contributed by atoms with Crippen molar-refractivity contribution in [2.75, 3.05) is 21.3 Å². The Bertz CT molecular complexity index is 583. The molecule has 0 aliphatic heterocycles. The van der Waals surface area contributed by atoms with Crippen molar-refractivity contribution in [2.45, 2.75) is 19.3 Å². The molecular weight excluding hydrogens is 294 g/mol. The summed E-state index contributed by atoms with van der Waals surface area (Å²) in [6, 6.07) is 2.52. The molecule has 1 aromatic rings. The number of benzene rings is 1. The van der Waals surface area contributed by atoms with Crippen molar-refractivity contribution in [1.29, 1.82) is 0 Å². The first-order chi connectivity index (χ1) is 10.4. The highest BCUT2D eigenvalue weighted by Gasteiger charge is 2.23. The summed E-state index contributed by atoms with van der Waals surface area (Å²) < 4.78 is 14.5. The number of carbonyl (C=O) groups excluding carboxylic acids is 2. The van der Waals surface area contributed by atoms with Gasteiger partial charge in [0.1, 0.15) is 0 Å². The van der Waals surface area contributed by atoms with Crippen molar-refractivity contribution in [2.24, 2.45) is 0 Å². The third-order valence-corrected chi connectivity index (χ3v) is 2.99. The predicted molar refractivity (Wildman–Crippen MR) is 76.4 cm³/mol. The van der Waals surface area contributed by atoms with Crippen LogP contribution in [0.25, 0.3) is 0 Å². The van der Waals surface area contributed by atoms with E-state index in [-0.39, 0.29) is 41.4 Å². The lowest BCUT2D eigenvalue weighted by atomic mass is 10.0. The van der Waals surface area contributed by atoms with E-state index in [2.05, 4.69) is 4.74 Å². The van der Waals surface area contributed by atoms with Crippen molar-refractivity contribution in [3.63, 3.8) is 0 Å². The SMILES string of the molecule is COC(=O)CCCC(=O)c1cc(OC)c(OC)c([N+](=O)[O-])c1. The fourth-order valence-corrected chi connectivity index (χ4v) is 1.88. The van der Waals surface area contributed by atoms with Crippen LogP contribution >= 0.6 is 0 Å². The average Bonchev–Trinajstić information content (AvgIpc) is 2.52. The Morgan fingerprint density at radius 2 is 1.82 bits per heavy atom. The quantitative estimate of drug-likeness (QED) is 0.313. The highest BCUT2D eigenvalue weighted by Crippen LogP contribution is 2.38. The Balaban J connectivity index is 2.99. The number of carbonyl (C=O) groups is 2. The minimum atomic E-state index is -0.646. The normalized spacial score (nSPS) is 9.95. The molecule has 1 aromatic carbocycles. The summed E-state index contributed by atoms with van der Waals surface area (Å²) in [6.07, 6.45) is 0.479. The third-order valence-electron chi connectivity index (χ3n) is 2.99. The summed E-state index contributed by atoms with van der Waals surface area (Å²) in [5, 5.41) is 11.1. The zero-order valence-corrected chi connectivity index (χ0v) is 12.6. The molecule has 0 heterocycles. The second-order valence-corrected chi connectivity index (χ2v) is 4.34. The van der Waals surface area contributed by atoms with Gasteiger partial charge in [0.2, 0.25) is 5.75 Å². The lowest BCUT2D eigenvalue weighted by Gasteiger charge is -2.10. The maximum Gasteiger partial charge on any atom is 0.315 e. The molecule has 0 saturated carbocycles. The highest BCUT2D eigenvalue weighted by atomic mass is 16.6. The number of esters is 1. The van der Waals surface area contributed by atoms with Crippen LogP contribution in [0.2, 0.25) is 0 Å². The molecule has 0 unspecified atom stereocenters. The van der Waals surface area contributed by atoms with Crippen molar-refractivity contribution in [3.8, 4) is 11.5 Å². The van der Waals surface area contributed by atoms with Crippen molar-refractivity contribution < 1.29 is 28.7 Å². The summed E-state index contributed by atoms with van der Waals surface area (Å²) in [6.45, 7) is 0. The standard InChI is InChI=1S/C14H17NO7/c1-20-12-8-9(7-10(15(18)19)14(12)22-3)11(16)5-4-6-13(17)21-2/h7-8H,4-6H2,1-3H3. The summed E-state index contributed by atoms with van der Waals surface area (Å²) in [5.41, 5.74) is -0.215. The Kier molecular flexibility index (Phi) is 6.30. The van der Waals surface area contributed by atoms with E-state index < -0.39 is 10.9 Å². The van der Waals surface area contributed by atoms with Gasteiger partial charge in [-0.3, -0.25) is 19.7 Å². The number of nitro groups is 1. The van der Waals surface area contributed by atoms with Gasteiger partial charge in [-0.15, -0.1) is 0 Å². The largest absolute Gasteiger partial charge is 0.493 e. The Labute approximate surface area is 127 Å². The highest BCUT2D eigenvalue weighted by molar-refractivity contribution is 5.97. The lowest BCUT2D eigenvalue weighted by molar-refractivity contribution is -0.385. The van der Waals surface area contributed by atoms with Crippen molar-refractivity contribution in [1.82, 2.24) is 0 Å². The number of ketones is 1. The van der Waals surface area contributed by atoms with E-state index in [1.807, 2.05) is 0 Å². The van der Waals surface area contributed by atoms with Gasteiger partial charge in [0.05, 0.1) is 26.3 Å². The summed E-state index contributed by atoms with van der Waals surface area (Å²) in [4.78, 5) is 33.5. The van der Waals surface area contributed by atoms with Gasteiger partial charge in [-0.2, -0.15) is 0 Å². The molecular formula is C14H17NO7. The van der Waals surface area contributed by atoms with Crippen LogP contribution in [0.1, 0.15) is 29.6 Å². The maximum atomic E-state index is 12.1. The minimum absolute atomic E-state index is 0.0430. The van der Waals surface area contributed by atoms with Crippen LogP contribution < -0.4 is 9.47 Å². The fraction of sp³-hybridized carbons (Fsp3) is 0.429. The van der Waals surface area contributed by atoms with Gasteiger partial charge in [-0.05, 0) is 12.5 Å². The monoisotopic (exact) mass is 311 g/mol. The number of rotatable bonds is 8. The van der Waals surface area contributed by atoms with E-state index in [1.54, 1.807) is 0 Å². The van der Waals surface area contributed by atoms with Gasteiger partial charge in [-0.25, -0.2) is 0 Å². The number of nitrogens with zero attached hydrogens (tertiary/aromatic N) is 1. The van der Waals surface area contributed by atoms with Crippen LogP contribution in [0.3, 0.4) is 0 Å². The van der Waals surface area contributed by atoms with Crippen LogP contribution in [0.15, 0.2) is 12.1 Å². The van der Waals surface area contributed by atoms with E-state index in [0.29, 0.717) is 6.42 Å². The number of methoxy groups -OCH3 is 3. The zero-order chi connectivity index (χ0) is 16.7. The average molecular weight is 311 g/mol. The molecule has 1 rings (SSSR count). The Morgan fingerprint density at radius 1 is 1.14 bits per heavy atom. The molecule has 8 nitrogen and oxygen atoms in total. The van der Waals surface area contributed by atoms with E-state index in [0.717, 1.165) is 6.07 Å². The van der Waals surface area contributed by atoms with Crippen LogP contribution in [-0.4, -0.2) is 38.0 Å². The van der Waals surface area contributed by atoms with E-state index >= 15 is 0 Å². The molecule has 0 aliphatic rings. The topological polar surface area (TPSA) is 105 Å². The smallest absolute Gasteiger partial charge is 0.315 e. The van der Waals surface area contributed by atoms with E-state index in [4.69, 9.17) is 9.47 Å². The van der Waals surface area contributed by atoms with Crippen molar-refractivity contribution >= 4 is 17.4 Å². The molecule has 0 bridgehead atoms. The zero-order valence-electron chi connectivity index (χ0n) is 12.6. The summed E-state index contributed by atoms with van der Waals surface area (Å²) in [5.74, 6) is -0.675. The first-order valence-corrected chi connectivity index (χ1v) is 6.45. The molecule has 8 heteroatoms.